The number of aliphatic carboxylic acids is 1. The maximum atomic E-state index is 12.6. The lowest BCUT2D eigenvalue weighted by atomic mass is 9.97. The second kappa shape index (κ2) is 10.8. The molecule has 2 aromatic rings. The molecule has 0 spiro atoms. The molecule has 0 aliphatic carbocycles. The van der Waals surface area contributed by atoms with Crippen molar-refractivity contribution in [2.45, 2.75) is 18.9 Å². The number of carboxylic acid groups (broad SMARTS) is 1. The lowest BCUT2D eigenvalue weighted by molar-refractivity contribution is -0.141. The number of hydrogen-bond donors (Lipinski definition) is 5. The maximum Gasteiger partial charge on any atom is 0.325 e. The van der Waals surface area contributed by atoms with Gasteiger partial charge in [0.25, 0.3) is 0 Å². The molecule has 0 aliphatic heterocycles. The van der Waals surface area contributed by atoms with Crippen molar-refractivity contribution in [1.82, 2.24) is 10.6 Å². The maximum absolute atomic E-state index is 12.6. The normalized spacial score (nSPS) is 12.7. The summed E-state index contributed by atoms with van der Waals surface area (Å²) < 4.78 is 0. The summed E-state index contributed by atoms with van der Waals surface area (Å²) in [5.41, 5.74) is 1.89. The molecule has 0 bridgehead atoms. The molecule has 0 heterocycles. The molecule has 0 saturated carbocycles. The molecular weight excluding hydrogens is 410 g/mol. The number of rotatable bonds is 8. The van der Waals surface area contributed by atoms with E-state index in [0.29, 0.717) is 16.3 Å². The number of anilines is 1. The zero-order valence-corrected chi connectivity index (χ0v) is 16.9. The summed E-state index contributed by atoms with van der Waals surface area (Å²) in [7, 11) is 0. The molecule has 9 nitrogen and oxygen atoms in total. The monoisotopic (exact) mass is 431 g/mol. The molecule has 0 saturated heterocycles. The summed E-state index contributed by atoms with van der Waals surface area (Å²) >= 11 is 5.90. The Hall–Kier alpha value is -3.59. The summed E-state index contributed by atoms with van der Waals surface area (Å²) in [6, 6.07) is 11.7. The standard InChI is InChI=1S/C20H22ClN5O4/c1-12(19(28)29)25-18(27)17(14-4-6-15(21)7-5-14)11-23-20(30)26-16-8-2-13(3-9-16)10-24-22/h2-10,12,17H,11,22H2,1H3,(H,25,27)(H,28,29)(H2,23,26,30). The molecule has 30 heavy (non-hydrogen) atoms. The predicted molar refractivity (Wildman–Crippen MR) is 115 cm³/mol. The number of hydrogen-bond acceptors (Lipinski definition) is 5. The van der Waals surface area contributed by atoms with Gasteiger partial charge in [-0.1, -0.05) is 35.9 Å². The Bertz CT molecular complexity index is 916. The van der Waals surface area contributed by atoms with E-state index in [1.165, 1.54) is 13.1 Å². The molecule has 2 rings (SSSR count). The van der Waals surface area contributed by atoms with E-state index in [1.54, 1.807) is 48.5 Å². The summed E-state index contributed by atoms with van der Waals surface area (Å²) in [6.07, 6.45) is 1.47. The number of urea groups is 1. The van der Waals surface area contributed by atoms with Crippen LogP contribution in [-0.2, 0) is 9.59 Å². The third kappa shape index (κ3) is 6.78. The molecule has 2 unspecified atom stereocenters. The fraction of sp³-hybridized carbons (Fsp3) is 0.200. The third-order valence-electron chi connectivity index (χ3n) is 4.18. The van der Waals surface area contributed by atoms with Gasteiger partial charge in [-0.15, -0.1) is 0 Å². The van der Waals surface area contributed by atoms with Gasteiger partial charge in [0, 0.05) is 17.3 Å². The van der Waals surface area contributed by atoms with E-state index >= 15 is 0 Å². The molecule has 2 atom stereocenters. The van der Waals surface area contributed by atoms with Crippen LogP contribution in [0.25, 0.3) is 0 Å². The number of benzene rings is 2. The predicted octanol–water partition coefficient (Wildman–Crippen LogP) is 2.13. The molecular formula is C20H22ClN5O4. The fourth-order valence-electron chi connectivity index (χ4n) is 2.54. The van der Waals surface area contributed by atoms with Gasteiger partial charge < -0.3 is 26.9 Å². The Labute approximate surface area is 178 Å². The lowest BCUT2D eigenvalue weighted by Crippen LogP contribution is -2.44. The smallest absolute Gasteiger partial charge is 0.325 e. The van der Waals surface area contributed by atoms with Crippen molar-refractivity contribution in [2.24, 2.45) is 10.9 Å². The number of nitrogens with zero attached hydrogens (tertiary/aromatic N) is 1. The van der Waals surface area contributed by atoms with Crippen LogP contribution in [0.2, 0.25) is 5.02 Å². The van der Waals surface area contributed by atoms with Crippen molar-refractivity contribution in [2.75, 3.05) is 11.9 Å². The zero-order valence-electron chi connectivity index (χ0n) is 16.1. The summed E-state index contributed by atoms with van der Waals surface area (Å²) in [5, 5.41) is 20.6. The van der Waals surface area contributed by atoms with Crippen molar-refractivity contribution in [1.29, 1.82) is 0 Å². The highest BCUT2D eigenvalue weighted by molar-refractivity contribution is 6.30. The Balaban J connectivity index is 2.05. The van der Waals surface area contributed by atoms with Gasteiger partial charge in [-0.2, -0.15) is 5.10 Å². The minimum absolute atomic E-state index is 0.0520. The molecule has 0 radical (unpaired) electrons. The first kappa shape index (κ1) is 22.7. The number of halogens is 1. The van der Waals surface area contributed by atoms with Crippen molar-refractivity contribution in [3.63, 3.8) is 0 Å². The number of amides is 3. The average molecular weight is 432 g/mol. The number of nitrogens with two attached hydrogens (primary N) is 1. The number of carboxylic acids is 1. The van der Waals surface area contributed by atoms with Gasteiger partial charge in [0.1, 0.15) is 6.04 Å². The van der Waals surface area contributed by atoms with Crippen LogP contribution in [0.15, 0.2) is 53.6 Å². The second-order valence-electron chi connectivity index (χ2n) is 6.41. The van der Waals surface area contributed by atoms with Gasteiger partial charge >= 0.3 is 12.0 Å². The van der Waals surface area contributed by atoms with E-state index in [0.717, 1.165) is 5.56 Å². The van der Waals surface area contributed by atoms with Crippen LogP contribution in [0.1, 0.15) is 24.0 Å². The van der Waals surface area contributed by atoms with Gasteiger partial charge in [0.2, 0.25) is 5.91 Å². The molecule has 158 valence electrons. The summed E-state index contributed by atoms with van der Waals surface area (Å²) in [5.74, 6) is 2.59. The van der Waals surface area contributed by atoms with E-state index in [9.17, 15) is 14.4 Å². The first-order valence-electron chi connectivity index (χ1n) is 8.97. The molecule has 0 aliphatic rings. The number of hydrazone groups is 1. The molecule has 2 aromatic carbocycles. The van der Waals surface area contributed by atoms with Crippen molar-refractivity contribution in [3.05, 3.63) is 64.7 Å². The third-order valence-corrected chi connectivity index (χ3v) is 4.43. The van der Waals surface area contributed by atoms with Gasteiger partial charge in [0.15, 0.2) is 0 Å². The van der Waals surface area contributed by atoms with Crippen LogP contribution in [0.5, 0.6) is 0 Å². The minimum atomic E-state index is -1.16. The van der Waals surface area contributed by atoms with Gasteiger partial charge in [-0.05, 0) is 42.3 Å². The van der Waals surface area contributed by atoms with Crippen LogP contribution in [0.3, 0.4) is 0 Å². The minimum Gasteiger partial charge on any atom is -0.480 e. The quantitative estimate of drug-likeness (QED) is 0.247. The van der Waals surface area contributed by atoms with Crippen LogP contribution in [0.4, 0.5) is 10.5 Å². The zero-order chi connectivity index (χ0) is 22.1. The van der Waals surface area contributed by atoms with Gasteiger partial charge in [-0.3, -0.25) is 9.59 Å². The Morgan fingerprint density at radius 1 is 1.13 bits per heavy atom. The summed E-state index contributed by atoms with van der Waals surface area (Å²) in [4.78, 5) is 35.9. The second-order valence-corrected chi connectivity index (χ2v) is 6.84. The fourth-order valence-corrected chi connectivity index (χ4v) is 2.67. The molecule has 10 heteroatoms. The van der Waals surface area contributed by atoms with Crippen molar-refractivity contribution >= 4 is 41.4 Å². The number of carbonyl (C=O) groups is 3. The molecule has 6 N–H and O–H groups in total. The average Bonchev–Trinajstić information content (AvgIpc) is 2.71. The van der Waals surface area contributed by atoms with E-state index in [2.05, 4.69) is 21.1 Å². The van der Waals surface area contributed by atoms with E-state index in [-0.39, 0.29) is 6.54 Å². The highest BCUT2D eigenvalue weighted by Gasteiger charge is 2.24. The topological polar surface area (TPSA) is 146 Å². The molecule has 0 fully saturated rings. The lowest BCUT2D eigenvalue weighted by Gasteiger charge is -2.20. The highest BCUT2D eigenvalue weighted by atomic mass is 35.5. The number of nitrogens with one attached hydrogen (secondary N) is 3. The Morgan fingerprint density at radius 3 is 2.33 bits per heavy atom. The van der Waals surface area contributed by atoms with Gasteiger partial charge in [-0.25, -0.2) is 4.79 Å². The first-order valence-corrected chi connectivity index (χ1v) is 9.34. The van der Waals surface area contributed by atoms with Crippen LogP contribution < -0.4 is 21.8 Å². The van der Waals surface area contributed by atoms with E-state index in [4.69, 9.17) is 22.6 Å². The van der Waals surface area contributed by atoms with E-state index < -0.39 is 29.9 Å². The molecule has 3 amide bonds. The molecule has 0 aromatic heterocycles. The summed E-state index contributed by atoms with van der Waals surface area (Å²) in [6.45, 7) is 1.31. The van der Waals surface area contributed by atoms with E-state index in [1.807, 2.05) is 0 Å². The largest absolute Gasteiger partial charge is 0.480 e. The first-order chi connectivity index (χ1) is 14.3. The van der Waals surface area contributed by atoms with Crippen LogP contribution >= 0.6 is 11.6 Å². The highest BCUT2D eigenvalue weighted by Crippen LogP contribution is 2.19. The Morgan fingerprint density at radius 2 is 1.77 bits per heavy atom. The van der Waals surface area contributed by atoms with Gasteiger partial charge in [0.05, 0.1) is 12.1 Å². The number of carbonyl (C=O) groups excluding carboxylic acids is 2. The Kier molecular flexibility index (Phi) is 8.18. The van der Waals surface area contributed by atoms with Crippen LogP contribution in [0, 0.1) is 0 Å². The van der Waals surface area contributed by atoms with Crippen molar-refractivity contribution < 1.29 is 19.5 Å². The SMILES string of the molecule is CC(NC(=O)C(CNC(=O)Nc1ccc(C=NN)cc1)c1ccc(Cl)cc1)C(=O)O. The van der Waals surface area contributed by atoms with Crippen molar-refractivity contribution in [3.8, 4) is 0 Å². The van der Waals surface area contributed by atoms with Crippen LogP contribution in [-0.4, -0.2) is 41.8 Å².